The Labute approximate surface area is 142 Å². The maximum absolute atomic E-state index is 13.8. The smallest absolute Gasteiger partial charge is 0.229 e. The van der Waals surface area contributed by atoms with Crippen molar-refractivity contribution >= 4 is 17.5 Å². The molecule has 0 fully saturated rings. The maximum atomic E-state index is 13.8. The Bertz CT molecular complexity index is 887. The predicted molar refractivity (Wildman–Crippen MR) is 87.9 cm³/mol. The minimum absolute atomic E-state index is 0.0714. The molecule has 2 aromatic heterocycles. The molecule has 0 saturated carbocycles. The van der Waals surface area contributed by atoms with Crippen LogP contribution in [-0.4, -0.2) is 15.0 Å². The van der Waals surface area contributed by atoms with Crippen molar-refractivity contribution in [1.29, 1.82) is 0 Å². The van der Waals surface area contributed by atoms with Crippen molar-refractivity contribution in [2.24, 2.45) is 0 Å². The predicted octanol–water partition coefficient (Wildman–Crippen LogP) is 3.95. The standard InChI is InChI=1S/C17H14F3N5/c1-10-8-14(22-9-11-4-6-21-7-5-11)25-17(23-10)24-13-3-2-12(18)15(19)16(13)20/h2-8H,9H2,1H3,(H2,22,23,24,25). The summed E-state index contributed by atoms with van der Waals surface area (Å²) in [6.45, 7) is 2.25. The highest BCUT2D eigenvalue weighted by Crippen LogP contribution is 2.23. The number of anilines is 3. The summed E-state index contributed by atoms with van der Waals surface area (Å²) in [6.07, 6.45) is 3.36. The third-order valence-corrected chi connectivity index (χ3v) is 3.36. The summed E-state index contributed by atoms with van der Waals surface area (Å²) in [6, 6.07) is 7.35. The van der Waals surface area contributed by atoms with Crippen LogP contribution in [0, 0.1) is 24.4 Å². The van der Waals surface area contributed by atoms with E-state index in [-0.39, 0.29) is 11.6 Å². The number of nitrogens with one attached hydrogen (secondary N) is 2. The zero-order chi connectivity index (χ0) is 17.8. The van der Waals surface area contributed by atoms with E-state index in [2.05, 4.69) is 25.6 Å². The Kier molecular flexibility index (Phi) is 4.78. The van der Waals surface area contributed by atoms with Crippen LogP contribution >= 0.6 is 0 Å². The molecule has 5 nitrogen and oxygen atoms in total. The van der Waals surface area contributed by atoms with E-state index in [9.17, 15) is 13.2 Å². The van der Waals surface area contributed by atoms with Gasteiger partial charge in [-0.15, -0.1) is 0 Å². The highest BCUT2D eigenvalue weighted by atomic mass is 19.2. The van der Waals surface area contributed by atoms with Gasteiger partial charge in [0.15, 0.2) is 17.5 Å². The van der Waals surface area contributed by atoms with Crippen molar-refractivity contribution in [3.63, 3.8) is 0 Å². The molecule has 1 aromatic carbocycles. The molecule has 0 unspecified atom stereocenters. The summed E-state index contributed by atoms with van der Waals surface area (Å²) in [5.41, 5.74) is 1.38. The Hall–Kier alpha value is -3.16. The minimum Gasteiger partial charge on any atom is -0.366 e. The maximum Gasteiger partial charge on any atom is 0.229 e. The number of aromatic nitrogens is 3. The zero-order valence-electron chi connectivity index (χ0n) is 13.2. The molecule has 0 aliphatic rings. The summed E-state index contributed by atoms with van der Waals surface area (Å²) < 4.78 is 40.1. The molecule has 0 saturated heterocycles. The Morgan fingerprint density at radius 1 is 0.960 bits per heavy atom. The average molecular weight is 345 g/mol. The van der Waals surface area contributed by atoms with E-state index in [4.69, 9.17) is 0 Å². The van der Waals surface area contributed by atoms with E-state index in [1.165, 1.54) is 0 Å². The average Bonchev–Trinajstić information content (AvgIpc) is 2.61. The summed E-state index contributed by atoms with van der Waals surface area (Å²) in [5, 5.41) is 5.68. The van der Waals surface area contributed by atoms with Gasteiger partial charge in [-0.1, -0.05) is 0 Å². The van der Waals surface area contributed by atoms with E-state index in [0.717, 1.165) is 17.7 Å². The summed E-state index contributed by atoms with van der Waals surface area (Å²) in [4.78, 5) is 12.3. The van der Waals surface area contributed by atoms with Gasteiger partial charge in [0.25, 0.3) is 0 Å². The second-order valence-electron chi connectivity index (χ2n) is 5.28. The second-order valence-corrected chi connectivity index (χ2v) is 5.28. The van der Waals surface area contributed by atoms with E-state index in [0.29, 0.717) is 18.1 Å². The fraction of sp³-hybridized carbons (Fsp3) is 0.118. The van der Waals surface area contributed by atoms with Gasteiger partial charge < -0.3 is 10.6 Å². The molecule has 0 bridgehead atoms. The van der Waals surface area contributed by atoms with Crippen LogP contribution in [0.15, 0.2) is 42.7 Å². The molecule has 0 spiro atoms. The Morgan fingerprint density at radius 2 is 1.72 bits per heavy atom. The lowest BCUT2D eigenvalue weighted by Crippen LogP contribution is -2.07. The van der Waals surface area contributed by atoms with Gasteiger partial charge in [-0.3, -0.25) is 4.98 Å². The van der Waals surface area contributed by atoms with Crippen LogP contribution in [0.5, 0.6) is 0 Å². The summed E-state index contributed by atoms with van der Waals surface area (Å²) in [7, 11) is 0. The van der Waals surface area contributed by atoms with Gasteiger partial charge in [-0.25, -0.2) is 18.2 Å². The Balaban J connectivity index is 1.79. The summed E-state index contributed by atoms with van der Waals surface area (Å²) >= 11 is 0. The van der Waals surface area contributed by atoms with Crippen molar-refractivity contribution in [3.05, 3.63) is 71.4 Å². The van der Waals surface area contributed by atoms with Gasteiger partial charge in [0.05, 0.1) is 5.69 Å². The molecule has 0 radical (unpaired) electrons. The number of benzene rings is 1. The number of nitrogens with zero attached hydrogens (tertiary/aromatic N) is 3. The molecule has 25 heavy (non-hydrogen) atoms. The number of aryl methyl sites for hydroxylation is 1. The monoisotopic (exact) mass is 345 g/mol. The van der Waals surface area contributed by atoms with E-state index < -0.39 is 17.5 Å². The van der Waals surface area contributed by atoms with Crippen LogP contribution in [0.4, 0.5) is 30.6 Å². The van der Waals surface area contributed by atoms with Crippen molar-refractivity contribution in [2.45, 2.75) is 13.5 Å². The van der Waals surface area contributed by atoms with Crippen LogP contribution in [0.25, 0.3) is 0 Å². The van der Waals surface area contributed by atoms with E-state index >= 15 is 0 Å². The molecular weight excluding hydrogens is 331 g/mol. The molecular formula is C17H14F3N5. The number of halogens is 3. The lowest BCUT2D eigenvalue weighted by molar-refractivity contribution is 0.449. The van der Waals surface area contributed by atoms with Gasteiger partial charge in [0.2, 0.25) is 5.95 Å². The topological polar surface area (TPSA) is 62.7 Å². The fourth-order valence-corrected chi connectivity index (χ4v) is 2.15. The number of hydrogen-bond acceptors (Lipinski definition) is 5. The zero-order valence-corrected chi connectivity index (χ0v) is 13.2. The highest BCUT2D eigenvalue weighted by Gasteiger charge is 2.14. The van der Waals surface area contributed by atoms with Gasteiger partial charge in [-0.05, 0) is 36.8 Å². The van der Waals surface area contributed by atoms with E-state index in [1.807, 2.05) is 12.1 Å². The fourth-order valence-electron chi connectivity index (χ4n) is 2.15. The highest BCUT2D eigenvalue weighted by molar-refractivity contribution is 5.56. The minimum atomic E-state index is -1.55. The quantitative estimate of drug-likeness (QED) is 0.686. The molecule has 2 heterocycles. The van der Waals surface area contributed by atoms with Gasteiger partial charge >= 0.3 is 0 Å². The first-order valence-corrected chi connectivity index (χ1v) is 7.42. The SMILES string of the molecule is Cc1cc(NCc2ccncc2)nc(Nc2ccc(F)c(F)c2F)n1. The molecule has 3 rings (SSSR count). The normalized spacial score (nSPS) is 10.6. The Morgan fingerprint density at radius 3 is 2.48 bits per heavy atom. The molecule has 0 aliphatic heterocycles. The number of rotatable bonds is 5. The van der Waals surface area contributed by atoms with Crippen LogP contribution in [0.3, 0.4) is 0 Å². The number of hydrogen-bond donors (Lipinski definition) is 2. The molecule has 3 aromatic rings. The lowest BCUT2D eigenvalue weighted by atomic mass is 10.2. The van der Waals surface area contributed by atoms with Crippen molar-refractivity contribution in [1.82, 2.24) is 15.0 Å². The molecule has 0 aliphatic carbocycles. The molecule has 0 atom stereocenters. The van der Waals surface area contributed by atoms with E-state index in [1.54, 1.807) is 25.4 Å². The van der Waals surface area contributed by atoms with Gasteiger partial charge in [-0.2, -0.15) is 4.98 Å². The molecule has 8 heteroatoms. The summed E-state index contributed by atoms with van der Waals surface area (Å²) in [5.74, 6) is -3.55. The lowest BCUT2D eigenvalue weighted by Gasteiger charge is -2.11. The third-order valence-electron chi connectivity index (χ3n) is 3.36. The van der Waals surface area contributed by atoms with Crippen LogP contribution in [-0.2, 0) is 6.54 Å². The second kappa shape index (κ2) is 7.16. The van der Waals surface area contributed by atoms with Crippen molar-refractivity contribution < 1.29 is 13.2 Å². The van der Waals surface area contributed by atoms with Gasteiger partial charge in [0, 0.05) is 30.7 Å². The van der Waals surface area contributed by atoms with Gasteiger partial charge in [0.1, 0.15) is 5.82 Å². The third kappa shape index (κ3) is 4.03. The molecule has 2 N–H and O–H groups in total. The first-order chi connectivity index (χ1) is 12.0. The van der Waals surface area contributed by atoms with Crippen molar-refractivity contribution in [3.8, 4) is 0 Å². The first-order valence-electron chi connectivity index (χ1n) is 7.42. The first kappa shape index (κ1) is 16.7. The van der Waals surface area contributed by atoms with Crippen LogP contribution in [0.2, 0.25) is 0 Å². The van der Waals surface area contributed by atoms with Crippen LogP contribution in [0.1, 0.15) is 11.3 Å². The van der Waals surface area contributed by atoms with Crippen LogP contribution < -0.4 is 10.6 Å². The van der Waals surface area contributed by atoms with Crippen molar-refractivity contribution in [2.75, 3.05) is 10.6 Å². The molecule has 0 amide bonds. The number of pyridine rings is 1. The largest absolute Gasteiger partial charge is 0.366 e. The molecule has 128 valence electrons.